The van der Waals surface area contributed by atoms with E-state index in [9.17, 15) is 0 Å². The van der Waals surface area contributed by atoms with Gasteiger partial charge in [0.15, 0.2) is 0 Å². The van der Waals surface area contributed by atoms with Crippen molar-refractivity contribution in [2.45, 2.75) is 78.3 Å². The van der Waals surface area contributed by atoms with Crippen molar-refractivity contribution in [2.24, 2.45) is 0 Å². The number of benzene rings is 3. The zero-order valence-corrected chi connectivity index (χ0v) is 23.0. The molecule has 0 saturated carbocycles. The summed E-state index contributed by atoms with van der Waals surface area (Å²) in [6.45, 7) is 12.1. The average Bonchev–Trinajstić information content (AvgIpc) is 2.91. The maximum Gasteiger partial charge on any atom is 0.103 e. The van der Waals surface area contributed by atoms with Crippen LogP contribution >= 0.6 is 0 Å². The fraction of sp³-hybridized carbons (Fsp3) is 0.471. The van der Waals surface area contributed by atoms with Gasteiger partial charge in [0.2, 0.25) is 0 Å². The highest BCUT2D eigenvalue weighted by Crippen LogP contribution is 2.06. The van der Waals surface area contributed by atoms with Crippen LogP contribution in [0.4, 0.5) is 0 Å². The van der Waals surface area contributed by atoms with Gasteiger partial charge in [0.05, 0.1) is 26.2 Å². The summed E-state index contributed by atoms with van der Waals surface area (Å²) in [7, 11) is 0. The predicted molar refractivity (Wildman–Crippen MR) is 155 cm³/mol. The zero-order chi connectivity index (χ0) is 25.3. The molecule has 2 nitrogen and oxygen atoms in total. The highest BCUT2D eigenvalue weighted by atomic mass is 15.1. The molecule has 0 amide bonds. The summed E-state index contributed by atoms with van der Waals surface area (Å²) in [5.74, 6) is 0. The number of unbranched alkanes of at least 4 members (excludes halogenated alkanes) is 2. The van der Waals surface area contributed by atoms with Gasteiger partial charge in [-0.25, -0.2) is 0 Å². The molecule has 2 unspecified atom stereocenters. The van der Waals surface area contributed by atoms with E-state index >= 15 is 0 Å². The standard InChI is InChI=1S/C34H48N2/c1-3-24-35(26-13-11-20-31-16-7-5-8-17-31)29-33-22-15-23-34(28-33)30-36(25-4-2)27-14-12-21-32-18-9-6-10-19-32/h5-10,15-19,22-23,28H,3-4,11-14,20-21,24-27,29-30H2,1-2H3/p+2. The van der Waals surface area contributed by atoms with Crippen LogP contribution in [0.3, 0.4) is 0 Å². The molecule has 2 heteroatoms. The summed E-state index contributed by atoms with van der Waals surface area (Å²) >= 11 is 0. The minimum Gasteiger partial charge on any atom is -0.331 e. The van der Waals surface area contributed by atoms with Crippen molar-refractivity contribution in [3.63, 3.8) is 0 Å². The molecule has 0 aromatic heterocycles. The van der Waals surface area contributed by atoms with Crippen LogP contribution in [0.2, 0.25) is 0 Å². The van der Waals surface area contributed by atoms with Crippen LogP contribution in [-0.2, 0) is 25.9 Å². The van der Waals surface area contributed by atoms with Gasteiger partial charge in [-0.2, -0.15) is 0 Å². The van der Waals surface area contributed by atoms with Gasteiger partial charge in [-0.15, -0.1) is 0 Å². The van der Waals surface area contributed by atoms with Crippen molar-refractivity contribution >= 4 is 0 Å². The lowest BCUT2D eigenvalue weighted by molar-refractivity contribution is -0.914. The third-order valence-corrected chi connectivity index (χ3v) is 7.28. The van der Waals surface area contributed by atoms with Gasteiger partial charge in [0, 0.05) is 11.1 Å². The van der Waals surface area contributed by atoms with Crippen LogP contribution in [0.1, 0.15) is 74.6 Å². The molecule has 194 valence electrons. The molecule has 0 heterocycles. The van der Waals surface area contributed by atoms with Gasteiger partial charge >= 0.3 is 0 Å². The topological polar surface area (TPSA) is 8.88 Å². The molecule has 0 bridgehead atoms. The molecule has 3 aromatic carbocycles. The second kappa shape index (κ2) is 17.1. The van der Waals surface area contributed by atoms with Gasteiger partial charge in [-0.3, -0.25) is 0 Å². The Morgan fingerprint density at radius 2 is 0.861 bits per heavy atom. The number of hydrogen-bond acceptors (Lipinski definition) is 0. The number of quaternary nitrogens is 2. The molecule has 0 fully saturated rings. The molecule has 0 aliphatic carbocycles. The molecule has 0 spiro atoms. The highest BCUT2D eigenvalue weighted by Gasteiger charge is 2.12. The molecular formula is C34H50N2+2. The minimum absolute atomic E-state index is 1.16. The van der Waals surface area contributed by atoms with E-state index in [4.69, 9.17) is 0 Å². The highest BCUT2D eigenvalue weighted by molar-refractivity contribution is 5.22. The first kappa shape index (κ1) is 28.2. The van der Waals surface area contributed by atoms with Crippen molar-refractivity contribution < 1.29 is 9.80 Å². The van der Waals surface area contributed by atoms with E-state index in [0.717, 1.165) is 13.1 Å². The van der Waals surface area contributed by atoms with E-state index in [1.165, 1.54) is 99.8 Å². The molecule has 2 atom stereocenters. The summed E-state index contributed by atoms with van der Waals surface area (Å²) in [6, 6.07) is 31.4. The monoisotopic (exact) mass is 486 g/mol. The van der Waals surface area contributed by atoms with E-state index in [2.05, 4.69) is 98.8 Å². The van der Waals surface area contributed by atoms with Crippen molar-refractivity contribution in [2.75, 3.05) is 26.2 Å². The van der Waals surface area contributed by atoms with Gasteiger partial charge in [-0.05, 0) is 68.6 Å². The van der Waals surface area contributed by atoms with Crippen LogP contribution in [0.25, 0.3) is 0 Å². The lowest BCUT2D eigenvalue weighted by atomic mass is 10.1. The molecule has 0 aliphatic heterocycles. The van der Waals surface area contributed by atoms with E-state index < -0.39 is 0 Å². The number of hydrogen-bond donors (Lipinski definition) is 2. The smallest absolute Gasteiger partial charge is 0.103 e. The Morgan fingerprint density at radius 3 is 1.28 bits per heavy atom. The normalized spacial score (nSPS) is 12.9. The average molecular weight is 487 g/mol. The van der Waals surface area contributed by atoms with E-state index in [1.807, 2.05) is 0 Å². The van der Waals surface area contributed by atoms with Crippen LogP contribution in [0.5, 0.6) is 0 Å². The second-order valence-electron chi connectivity index (χ2n) is 10.6. The predicted octanol–water partition coefficient (Wildman–Crippen LogP) is 5.32. The Hall–Kier alpha value is -2.42. The summed E-state index contributed by atoms with van der Waals surface area (Å²) in [6.07, 6.45) is 10.1. The van der Waals surface area contributed by atoms with E-state index in [-0.39, 0.29) is 0 Å². The number of nitrogens with one attached hydrogen (secondary N) is 2. The largest absolute Gasteiger partial charge is 0.331 e. The van der Waals surface area contributed by atoms with E-state index in [1.54, 1.807) is 9.80 Å². The molecule has 3 rings (SSSR count). The second-order valence-corrected chi connectivity index (χ2v) is 10.6. The molecule has 3 aromatic rings. The SMILES string of the molecule is CCC[NH+](CCCCc1ccccc1)Cc1cccc(C[NH+](CCC)CCCCc2ccccc2)c1. The van der Waals surface area contributed by atoms with Crippen LogP contribution in [0, 0.1) is 0 Å². The number of aryl methyl sites for hydroxylation is 2. The maximum atomic E-state index is 2.50. The third kappa shape index (κ3) is 11.1. The van der Waals surface area contributed by atoms with Crippen LogP contribution in [-0.4, -0.2) is 26.2 Å². The molecule has 36 heavy (non-hydrogen) atoms. The summed E-state index contributed by atoms with van der Waals surface area (Å²) in [4.78, 5) is 3.47. The van der Waals surface area contributed by atoms with Gasteiger partial charge in [0.25, 0.3) is 0 Å². The fourth-order valence-electron chi connectivity index (χ4n) is 5.44. The lowest BCUT2D eigenvalue weighted by Crippen LogP contribution is -3.11. The minimum atomic E-state index is 1.16. The summed E-state index contributed by atoms with van der Waals surface area (Å²) in [5.41, 5.74) is 5.97. The van der Waals surface area contributed by atoms with E-state index in [0.29, 0.717) is 0 Å². The third-order valence-electron chi connectivity index (χ3n) is 7.28. The van der Waals surface area contributed by atoms with Gasteiger partial charge in [-0.1, -0.05) is 92.7 Å². The van der Waals surface area contributed by atoms with Crippen molar-refractivity contribution in [1.82, 2.24) is 0 Å². The Bertz CT molecular complexity index is 863. The summed E-state index contributed by atoms with van der Waals surface area (Å²) in [5, 5.41) is 0. The Labute approximate surface area is 221 Å². The van der Waals surface area contributed by atoms with Crippen molar-refractivity contribution in [1.29, 1.82) is 0 Å². The van der Waals surface area contributed by atoms with Crippen LogP contribution < -0.4 is 9.80 Å². The van der Waals surface area contributed by atoms with Crippen molar-refractivity contribution in [3.05, 3.63) is 107 Å². The molecule has 0 aliphatic rings. The zero-order valence-electron chi connectivity index (χ0n) is 23.0. The van der Waals surface area contributed by atoms with Crippen LogP contribution in [0.15, 0.2) is 84.9 Å². The molecule has 0 radical (unpaired) electrons. The Balaban J connectivity index is 1.45. The maximum absolute atomic E-state index is 2.50. The van der Waals surface area contributed by atoms with Crippen molar-refractivity contribution in [3.8, 4) is 0 Å². The first-order chi connectivity index (χ1) is 17.8. The van der Waals surface area contributed by atoms with Gasteiger partial charge in [0.1, 0.15) is 13.1 Å². The first-order valence-corrected chi connectivity index (χ1v) is 14.6. The molecular weight excluding hydrogens is 436 g/mol. The summed E-state index contributed by atoms with van der Waals surface area (Å²) < 4.78 is 0. The Morgan fingerprint density at radius 1 is 0.444 bits per heavy atom. The molecule has 0 saturated heterocycles. The van der Waals surface area contributed by atoms with Gasteiger partial charge < -0.3 is 9.80 Å². The quantitative estimate of drug-likeness (QED) is 0.225. The fourth-order valence-corrected chi connectivity index (χ4v) is 5.44. The number of rotatable bonds is 18. The Kier molecular flexibility index (Phi) is 13.4. The molecule has 2 N–H and O–H groups in total. The lowest BCUT2D eigenvalue weighted by Gasteiger charge is -2.21. The first-order valence-electron chi connectivity index (χ1n) is 14.6.